The summed E-state index contributed by atoms with van der Waals surface area (Å²) in [4.78, 5) is 29.7. The Bertz CT molecular complexity index is 840. The molecule has 3 fully saturated rings. The Balaban J connectivity index is 1.34. The number of hydrogen-bond acceptors (Lipinski definition) is 5. The lowest BCUT2D eigenvalue weighted by atomic mass is 9.87. The molecule has 0 spiro atoms. The molecule has 0 radical (unpaired) electrons. The van der Waals surface area contributed by atoms with Gasteiger partial charge in [-0.05, 0) is 89.4 Å². The predicted octanol–water partition coefficient (Wildman–Crippen LogP) is 3.78. The third-order valence-corrected chi connectivity index (χ3v) is 7.21. The first-order chi connectivity index (χ1) is 15.8. The fraction of sp³-hybridized carbons (Fsp3) is 0.692. The molecule has 2 atom stereocenters. The molecule has 1 saturated carbocycles. The molecule has 2 aliphatic heterocycles. The summed E-state index contributed by atoms with van der Waals surface area (Å²) in [7, 11) is 1.75. The van der Waals surface area contributed by atoms with E-state index in [1.807, 2.05) is 31.7 Å². The molecule has 0 unspecified atom stereocenters. The average Bonchev–Trinajstić information content (AvgIpc) is 3.54. The van der Waals surface area contributed by atoms with Gasteiger partial charge in [0.1, 0.15) is 17.9 Å². The molecule has 1 aliphatic carbocycles. The first-order valence-corrected chi connectivity index (χ1v) is 12.4. The van der Waals surface area contributed by atoms with Crippen molar-refractivity contribution in [1.82, 2.24) is 15.1 Å². The van der Waals surface area contributed by atoms with Crippen molar-refractivity contribution in [3.8, 4) is 5.75 Å². The number of nitrogens with zero attached hydrogens (tertiary/aromatic N) is 2. The quantitative estimate of drug-likeness (QED) is 0.704. The molecule has 7 heteroatoms. The zero-order valence-electron chi connectivity index (χ0n) is 20.5. The number of carbonyl (C=O) groups excluding carboxylic acids is 2. The number of nitrogens with one attached hydrogen (secondary N) is 1. The van der Waals surface area contributed by atoms with Crippen LogP contribution in [0.2, 0.25) is 0 Å². The molecule has 33 heavy (non-hydrogen) atoms. The van der Waals surface area contributed by atoms with Crippen molar-refractivity contribution in [2.45, 2.75) is 76.5 Å². The van der Waals surface area contributed by atoms with Crippen LogP contribution in [0.4, 0.5) is 4.79 Å². The Morgan fingerprint density at radius 1 is 1.03 bits per heavy atom. The van der Waals surface area contributed by atoms with Crippen LogP contribution in [-0.2, 0) is 9.53 Å². The van der Waals surface area contributed by atoms with E-state index in [1.54, 1.807) is 7.11 Å². The summed E-state index contributed by atoms with van der Waals surface area (Å²) in [5.41, 5.74) is 0.744. The highest BCUT2D eigenvalue weighted by atomic mass is 16.6. The highest BCUT2D eigenvalue weighted by Gasteiger charge is 2.48. The molecule has 0 aromatic heterocycles. The Hall–Kier alpha value is -2.28. The van der Waals surface area contributed by atoms with E-state index >= 15 is 0 Å². The summed E-state index contributed by atoms with van der Waals surface area (Å²) in [6.45, 7) is 8.33. The molecule has 2 saturated heterocycles. The van der Waals surface area contributed by atoms with E-state index < -0.39 is 11.7 Å². The normalized spacial score (nSPS) is 24.5. The van der Waals surface area contributed by atoms with Crippen molar-refractivity contribution < 1.29 is 19.1 Å². The van der Waals surface area contributed by atoms with Gasteiger partial charge < -0.3 is 19.7 Å². The van der Waals surface area contributed by atoms with Crippen molar-refractivity contribution in [3.63, 3.8) is 0 Å². The number of hydrogen-bond donors (Lipinski definition) is 1. The van der Waals surface area contributed by atoms with E-state index in [0.29, 0.717) is 17.9 Å². The van der Waals surface area contributed by atoms with E-state index in [2.05, 4.69) is 28.4 Å². The molecular weight excluding hydrogens is 418 g/mol. The van der Waals surface area contributed by atoms with Crippen molar-refractivity contribution in [2.75, 3.05) is 33.3 Å². The van der Waals surface area contributed by atoms with Gasteiger partial charge >= 0.3 is 6.09 Å². The highest BCUT2D eigenvalue weighted by Crippen LogP contribution is 2.43. The van der Waals surface area contributed by atoms with Crippen LogP contribution in [-0.4, -0.2) is 72.8 Å². The number of amides is 2. The molecule has 1 aromatic carbocycles. The maximum absolute atomic E-state index is 13.0. The van der Waals surface area contributed by atoms with Crippen LogP contribution in [0.3, 0.4) is 0 Å². The maximum Gasteiger partial charge on any atom is 0.408 e. The number of methoxy groups -OCH3 is 1. The molecule has 1 aromatic rings. The number of piperidine rings is 1. The first-order valence-electron chi connectivity index (χ1n) is 12.4. The molecule has 1 N–H and O–H groups in total. The summed E-state index contributed by atoms with van der Waals surface area (Å²) < 4.78 is 10.9. The number of carbonyl (C=O) groups is 2. The van der Waals surface area contributed by atoms with Crippen molar-refractivity contribution >= 4 is 12.0 Å². The maximum atomic E-state index is 13.0. The van der Waals surface area contributed by atoms with Crippen LogP contribution < -0.4 is 10.1 Å². The van der Waals surface area contributed by atoms with Gasteiger partial charge in [-0.25, -0.2) is 4.79 Å². The minimum Gasteiger partial charge on any atom is -0.496 e. The Labute approximate surface area is 197 Å². The van der Waals surface area contributed by atoms with E-state index in [1.165, 1.54) is 18.4 Å². The standard InChI is InChI=1S/C26H39N3O4/c1-26(2,3)33-25(31)27-17-23(30)29-16-13-21(24(29)19-9-10-19)28-14-11-18(12-15-28)20-7-5-6-8-22(20)32-4/h5-8,18-19,21,24H,9-17H2,1-4H3,(H,27,31)/t21-,24+/m1/s1. The smallest absolute Gasteiger partial charge is 0.408 e. The number of benzene rings is 1. The third-order valence-electron chi connectivity index (χ3n) is 7.21. The van der Waals surface area contributed by atoms with E-state index in [0.717, 1.165) is 44.6 Å². The summed E-state index contributed by atoms with van der Waals surface area (Å²) in [6, 6.07) is 9.05. The molecule has 0 bridgehead atoms. The van der Waals surface area contributed by atoms with E-state index in [-0.39, 0.29) is 18.5 Å². The monoisotopic (exact) mass is 457 g/mol. The molecule has 4 rings (SSSR count). The van der Waals surface area contributed by atoms with Crippen LogP contribution in [0.1, 0.15) is 64.4 Å². The second-order valence-corrected chi connectivity index (χ2v) is 10.7. The Morgan fingerprint density at radius 3 is 2.36 bits per heavy atom. The summed E-state index contributed by atoms with van der Waals surface area (Å²) in [6.07, 6.45) is 5.10. The van der Waals surface area contributed by atoms with Crippen LogP contribution in [0, 0.1) is 5.92 Å². The second kappa shape index (κ2) is 9.92. The van der Waals surface area contributed by atoms with Gasteiger partial charge in [-0.15, -0.1) is 0 Å². The summed E-state index contributed by atoms with van der Waals surface area (Å²) >= 11 is 0. The van der Waals surface area contributed by atoms with Gasteiger partial charge in [0.15, 0.2) is 0 Å². The SMILES string of the molecule is COc1ccccc1C1CCN([C@@H]2CCN(C(=O)CNC(=O)OC(C)(C)C)[C@H]2C2CC2)CC1. The minimum absolute atomic E-state index is 0.000723. The number of likely N-dealkylation sites (tertiary alicyclic amines) is 2. The largest absolute Gasteiger partial charge is 0.496 e. The van der Waals surface area contributed by atoms with Gasteiger partial charge in [0.05, 0.1) is 13.2 Å². The van der Waals surface area contributed by atoms with Gasteiger partial charge in [0, 0.05) is 12.6 Å². The second-order valence-electron chi connectivity index (χ2n) is 10.7. The topological polar surface area (TPSA) is 71.1 Å². The average molecular weight is 458 g/mol. The van der Waals surface area contributed by atoms with Gasteiger partial charge in [-0.1, -0.05) is 18.2 Å². The van der Waals surface area contributed by atoms with Gasteiger partial charge in [0.2, 0.25) is 5.91 Å². The zero-order chi connectivity index (χ0) is 23.6. The third kappa shape index (κ3) is 5.81. The van der Waals surface area contributed by atoms with Crippen LogP contribution in [0.25, 0.3) is 0 Å². The number of rotatable bonds is 6. The summed E-state index contributed by atoms with van der Waals surface area (Å²) in [5.74, 6) is 2.11. The lowest BCUT2D eigenvalue weighted by Crippen LogP contribution is -2.52. The molecule has 2 heterocycles. The van der Waals surface area contributed by atoms with Gasteiger partial charge in [-0.3, -0.25) is 9.69 Å². The van der Waals surface area contributed by atoms with Crippen LogP contribution >= 0.6 is 0 Å². The number of para-hydroxylation sites is 1. The number of ether oxygens (including phenoxy) is 2. The lowest BCUT2D eigenvalue weighted by Gasteiger charge is -2.40. The summed E-state index contributed by atoms with van der Waals surface area (Å²) in [5, 5.41) is 2.65. The van der Waals surface area contributed by atoms with Crippen LogP contribution in [0.15, 0.2) is 24.3 Å². The molecule has 7 nitrogen and oxygen atoms in total. The molecule has 3 aliphatic rings. The number of alkyl carbamates (subject to hydrolysis) is 1. The van der Waals surface area contributed by atoms with Crippen LogP contribution in [0.5, 0.6) is 5.75 Å². The molecular formula is C26H39N3O4. The van der Waals surface area contributed by atoms with Crippen molar-refractivity contribution in [2.24, 2.45) is 5.92 Å². The first kappa shape index (κ1) is 23.9. The van der Waals surface area contributed by atoms with Gasteiger partial charge in [-0.2, -0.15) is 0 Å². The van der Waals surface area contributed by atoms with Crippen molar-refractivity contribution in [1.29, 1.82) is 0 Å². The fourth-order valence-corrected chi connectivity index (χ4v) is 5.60. The van der Waals surface area contributed by atoms with Crippen molar-refractivity contribution in [3.05, 3.63) is 29.8 Å². The Morgan fingerprint density at radius 2 is 1.73 bits per heavy atom. The zero-order valence-corrected chi connectivity index (χ0v) is 20.5. The molecule has 2 amide bonds. The Kier molecular flexibility index (Phi) is 7.17. The minimum atomic E-state index is -0.571. The van der Waals surface area contributed by atoms with E-state index in [9.17, 15) is 9.59 Å². The van der Waals surface area contributed by atoms with E-state index in [4.69, 9.17) is 9.47 Å². The molecule has 182 valence electrons. The highest BCUT2D eigenvalue weighted by molar-refractivity contribution is 5.83. The predicted molar refractivity (Wildman–Crippen MR) is 127 cm³/mol. The fourth-order valence-electron chi connectivity index (χ4n) is 5.60. The van der Waals surface area contributed by atoms with Gasteiger partial charge in [0.25, 0.3) is 0 Å². The lowest BCUT2D eigenvalue weighted by molar-refractivity contribution is -0.132.